The Labute approximate surface area is 69.1 Å². The number of rotatable bonds is 0. The van der Waals surface area contributed by atoms with Crippen LogP contribution in [0.1, 0.15) is 0 Å². The summed E-state index contributed by atoms with van der Waals surface area (Å²) >= 11 is 0. The fourth-order valence-electron chi connectivity index (χ4n) is 1.20. The van der Waals surface area contributed by atoms with Crippen LogP contribution >= 0.6 is 0 Å². The number of aromatic hydroxyl groups is 1. The van der Waals surface area contributed by atoms with Crippen LogP contribution in [-0.2, 0) is 0 Å². The minimum absolute atomic E-state index is 0.160. The monoisotopic (exact) mass is 162 g/mol. The average molecular weight is 162 g/mol. The van der Waals surface area contributed by atoms with Crippen LogP contribution in [0.4, 0.5) is 4.39 Å². The summed E-state index contributed by atoms with van der Waals surface area (Å²) in [5.74, 6) is -0.124. The van der Waals surface area contributed by atoms with Crippen molar-refractivity contribution >= 4 is 10.8 Å². The van der Waals surface area contributed by atoms with Crippen molar-refractivity contribution in [2.75, 3.05) is 0 Å². The van der Waals surface area contributed by atoms with E-state index in [4.69, 9.17) is 5.11 Å². The predicted octanol–water partition coefficient (Wildman–Crippen LogP) is 2.68. The average Bonchev–Trinajstić information content (AvgIpc) is 2.03. The molecular formula is C10H7FO. The van der Waals surface area contributed by atoms with Gasteiger partial charge in [-0.1, -0.05) is 12.1 Å². The molecule has 2 aromatic carbocycles. The second kappa shape index (κ2) is 2.48. The fourth-order valence-corrected chi connectivity index (χ4v) is 1.20. The van der Waals surface area contributed by atoms with Crippen molar-refractivity contribution in [3.63, 3.8) is 0 Å². The summed E-state index contributed by atoms with van der Waals surface area (Å²) < 4.78 is 12.7. The second-order valence-corrected chi connectivity index (χ2v) is 2.68. The van der Waals surface area contributed by atoms with E-state index >= 15 is 0 Å². The highest BCUT2D eigenvalue weighted by Gasteiger charge is 1.95. The van der Waals surface area contributed by atoms with Crippen LogP contribution in [-0.4, -0.2) is 5.11 Å². The van der Waals surface area contributed by atoms with Crippen LogP contribution in [0.5, 0.6) is 5.75 Å². The van der Waals surface area contributed by atoms with Gasteiger partial charge in [-0.3, -0.25) is 0 Å². The van der Waals surface area contributed by atoms with E-state index in [9.17, 15) is 4.39 Å². The molecule has 2 aromatic rings. The maximum Gasteiger partial charge on any atom is 0.123 e. The molecule has 0 heterocycles. The summed E-state index contributed by atoms with van der Waals surface area (Å²) in [5.41, 5.74) is 0. The van der Waals surface area contributed by atoms with Gasteiger partial charge in [-0.25, -0.2) is 4.39 Å². The topological polar surface area (TPSA) is 20.2 Å². The van der Waals surface area contributed by atoms with E-state index in [0.717, 1.165) is 10.8 Å². The lowest BCUT2D eigenvalue weighted by Gasteiger charge is -1.97. The van der Waals surface area contributed by atoms with Gasteiger partial charge in [0.2, 0.25) is 0 Å². The SMILES string of the molecule is Oc1ccc2ccc(F)cc2c1. The Morgan fingerprint density at radius 1 is 0.917 bits per heavy atom. The van der Waals surface area contributed by atoms with Gasteiger partial charge in [0.15, 0.2) is 0 Å². The third kappa shape index (κ3) is 1.11. The zero-order valence-corrected chi connectivity index (χ0v) is 6.29. The molecule has 0 spiro atoms. The molecule has 0 saturated carbocycles. The van der Waals surface area contributed by atoms with Gasteiger partial charge in [-0.2, -0.15) is 0 Å². The van der Waals surface area contributed by atoms with E-state index in [-0.39, 0.29) is 11.6 Å². The summed E-state index contributed by atoms with van der Waals surface area (Å²) in [6.07, 6.45) is 0. The van der Waals surface area contributed by atoms with Crippen molar-refractivity contribution in [2.24, 2.45) is 0 Å². The first-order chi connectivity index (χ1) is 5.75. The highest BCUT2D eigenvalue weighted by Crippen LogP contribution is 2.20. The van der Waals surface area contributed by atoms with E-state index < -0.39 is 0 Å². The van der Waals surface area contributed by atoms with Gasteiger partial charge in [-0.15, -0.1) is 0 Å². The maximum atomic E-state index is 12.7. The van der Waals surface area contributed by atoms with Crippen molar-refractivity contribution < 1.29 is 9.50 Å². The zero-order chi connectivity index (χ0) is 8.55. The molecule has 60 valence electrons. The Morgan fingerprint density at radius 3 is 2.50 bits per heavy atom. The fraction of sp³-hybridized carbons (Fsp3) is 0. The van der Waals surface area contributed by atoms with E-state index in [2.05, 4.69) is 0 Å². The molecule has 0 fully saturated rings. The third-order valence-corrected chi connectivity index (χ3v) is 1.79. The minimum Gasteiger partial charge on any atom is -0.508 e. The molecule has 0 aliphatic rings. The number of fused-ring (bicyclic) bond motifs is 1. The van der Waals surface area contributed by atoms with E-state index in [1.54, 1.807) is 24.3 Å². The quantitative estimate of drug-likeness (QED) is 0.631. The van der Waals surface area contributed by atoms with Gasteiger partial charge in [0, 0.05) is 0 Å². The second-order valence-electron chi connectivity index (χ2n) is 2.68. The summed E-state index contributed by atoms with van der Waals surface area (Å²) in [7, 11) is 0. The normalized spacial score (nSPS) is 10.4. The van der Waals surface area contributed by atoms with Crippen LogP contribution in [0, 0.1) is 5.82 Å². The van der Waals surface area contributed by atoms with Gasteiger partial charge in [0.05, 0.1) is 0 Å². The lowest BCUT2D eigenvalue weighted by molar-refractivity contribution is 0.476. The molecule has 0 unspecified atom stereocenters. The predicted molar refractivity (Wildman–Crippen MR) is 45.6 cm³/mol. The Kier molecular flexibility index (Phi) is 1.47. The van der Waals surface area contributed by atoms with Crippen LogP contribution in [0.2, 0.25) is 0 Å². The molecule has 0 amide bonds. The highest BCUT2D eigenvalue weighted by atomic mass is 19.1. The highest BCUT2D eigenvalue weighted by molar-refractivity contribution is 5.83. The molecule has 1 N–H and O–H groups in total. The molecule has 2 heteroatoms. The molecule has 0 atom stereocenters. The minimum atomic E-state index is -0.284. The number of hydrogen-bond donors (Lipinski definition) is 1. The Morgan fingerprint density at radius 2 is 1.67 bits per heavy atom. The molecule has 1 nitrogen and oxygen atoms in total. The Hall–Kier alpha value is -1.57. The number of halogens is 1. The molecule has 0 bridgehead atoms. The van der Waals surface area contributed by atoms with Gasteiger partial charge < -0.3 is 5.11 Å². The first kappa shape index (κ1) is 7.10. The number of benzene rings is 2. The van der Waals surface area contributed by atoms with Crippen molar-refractivity contribution in [3.05, 3.63) is 42.2 Å². The van der Waals surface area contributed by atoms with Gasteiger partial charge in [-0.05, 0) is 35.0 Å². The lowest BCUT2D eigenvalue weighted by Crippen LogP contribution is -1.75. The van der Waals surface area contributed by atoms with Gasteiger partial charge >= 0.3 is 0 Å². The van der Waals surface area contributed by atoms with Crippen molar-refractivity contribution in [3.8, 4) is 5.75 Å². The first-order valence-electron chi connectivity index (χ1n) is 3.64. The summed E-state index contributed by atoms with van der Waals surface area (Å²) in [6.45, 7) is 0. The lowest BCUT2D eigenvalue weighted by atomic mass is 10.1. The standard InChI is InChI=1S/C10H7FO/c11-9-3-1-7-2-4-10(12)6-8(7)5-9/h1-6,12H. The third-order valence-electron chi connectivity index (χ3n) is 1.79. The number of hydrogen-bond acceptors (Lipinski definition) is 1. The summed E-state index contributed by atoms with van der Waals surface area (Å²) in [4.78, 5) is 0. The van der Waals surface area contributed by atoms with Gasteiger partial charge in [0.1, 0.15) is 11.6 Å². The molecular weight excluding hydrogens is 155 g/mol. The molecule has 0 aliphatic heterocycles. The van der Waals surface area contributed by atoms with Gasteiger partial charge in [0.25, 0.3) is 0 Å². The first-order valence-corrected chi connectivity index (χ1v) is 3.64. The molecule has 0 radical (unpaired) electrons. The Balaban J connectivity index is 2.80. The maximum absolute atomic E-state index is 12.7. The van der Waals surface area contributed by atoms with Crippen molar-refractivity contribution in [1.82, 2.24) is 0 Å². The molecule has 0 aromatic heterocycles. The smallest absolute Gasteiger partial charge is 0.123 e. The molecule has 12 heavy (non-hydrogen) atoms. The number of phenolic OH excluding ortho intramolecular Hbond substituents is 1. The van der Waals surface area contributed by atoms with Crippen LogP contribution in [0.15, 0.2) is 36.4 Å². The zero-order valence-electron chi connectivity index (χ0n) is 6.29. The van der Waals surface area contributed by atoms with E-state index in [0.29, 0.717) is 0 Å². The molecule has 0 aliphatic carbocycles. The van der Waals surface area contributed by atoms with Crippen LogP contribution < -0.4 is 0 Å². The summed E-state index contributed by atoms with van der Waals surface area (Å²) in [6, 6.07) is 9.36. The van der Waals surface area contributed by atoms with Crippen LogP contribution in [0.3, 0.4) is 0 Å². The summed E-state index contributed by atoms with van der Waals surface area (Å²) in [5, 5.41) is 10.7. The van der Waals surface area contributed by atoms with E-state index in [1.165, 1.54) is 12.1 Å². The molecule has 2 rings (SSSR count). The van der Waals surface area contributed by atoms with Crippen molar-refractivity contribution in [2.45, 2.75) is 0 Å². The van der Waals surface area contributed by atoms with E-state index in [1.807, 2.05) is 0 Å². The Bertz CT molecular complexity index is 386. The molecule has 0 saturated heterocycles. The number of phenols is 1. The largest absolute Gasteiger partial charge is 0.508 e. The van der Waals surface area contributed by atoms with Crippen LogP contribution in [0.25, 0.3) is 10.8 Å². The van der Waals surface area contributed by atoms with Crippen molar-refractivity contribution in [1.29, 1.82) is 0 Å².